The second kappa shape index (κ2) is 5.31. The molecule has 0 radical (unpaired) electrons. The van der Waals surface area contributed by atoms with E-state index in [-0.39, 0.29) is 5.91 Å². The van der Waals surface area contributed by atoms with E-state index >= 15 is 0 Å². The number of carbonyl (C=O) groups is 1. The summed E-state index contributed by atoms with van der Waals surface area (Å²) >= 11 is 2.21. The standard InChI is InChI=1S/C10H12INO2/c1-7(14-2)10(13)12-9-5-3-8(11)4-6-9/h3-7H,1-2H3,(H,12,13). The molecule has 3 nitrogen and oxygen atoms in total. The lowest BCUT2D eigenvalue weighted by atomic mass is 10.3. The van der Waals surface area contributed by atoms with Crippen LogP contribution in [0.4, 0.5) is 5.69 Å². The van der Waals surface area contributed by atoms with Crippen molar-refractivity contribution in [1.82, 2.24) is 0 Å². The quantitative estimate of drug-likeness (QED) is 0.870. The fraction of sp³-hybridized carbons (Fsp3) is 0.300. The number of rotatable bonds is 3. The minimum atomic E-state index is -0.422. The van der Waals surface area contributed by atoms with E-state index in [9.17, 15) is 4.79 Å². The minimum Gasteiger partial charge on any atom is -0.372 e. The highest BCUT2D eigenvalue weighted by Gasteiger charge is 2.10. The van der Waals surface area contributed by atoms with E-state index in [0.717, 1.165) is 9.26 Å². The number of hydrogen-bond donors (Lipinski definition) is 1. The molecule has 1 aromatic carbocycles. The van der Waals surface area contributed by atoms with Gasteiger partial charge in [-0.05, 0) is 53.8 Å². The van der Waals surface area contributed by atoms with Gasteiger partial charge in [-0.15, -0.1) is 0 Å². The van der Waals surface area contributed by atoms with E-state index in [1.165, 1.54) is 7.11 Å². The van der Waals surface area contributed by atoms with Crippen LogP contribution in [0.3, 0.4) is 0 Å². The van der Waals surface area contributed by atoms with Gasteiger partial charge in [0.2, 0.25) is 0 Å². The Morgan fingerprint density at radius 3 is 2.50 bits per heavy atom. The molecule has 1 unspecified atom stereocenters. The van der Waals surface area contributed by atoms with E-state index in [1.807, 2.05) is 24.3 Å². The lowest BCUT2D eigenvalue weighted by molar-refractivity contribution is -0.124. The topological polar surface area (TPSA) is 38.3 Å². The summed E-state index contributed by atoms with van der Waals surface area (Å²) in [5.41, 5.74) is 0.791. The van der Waals surface area contributed by atoms with E-state index in [0.29, 0.717) is 0 Å². The number of halogens is 1. The van der Waals surface area contributed by atoms with Crippen LogP contribution in [0.25, 0.3) is 0 Å². The van der Waals surface area contributed by atoms with Gasteiger partial charge in [-0.25, -0.2) is 0 Å². The van der Waals surface area contributed by atoms with Crippen molar-refractivity contribution in [3.05, 3.63) is 27.8 Å². The monoisotopic (exact) mass is 305 g/mol. The zero-order valence-electron chi connectivity index (χ0n) is 8.08. The Bertz CT molecular complexity index is 310. The first kappa shape index (κ1) is 11.5. The summed E-state index contributed by atoms with van der Waals surface area (Å²) < 4.78 is 6.03. The highest BCUT2D eigenvalue weighted by atomic mass is 127. The van der Waals surface area contributed by atoms with Crippen LogP contribution >= 0.6 is 22.6 Å². The molecular weight excluding hydrogens is 293 g/mol. The smallest absolute Gasteiger partial charge is 0.253 e. The zero-order valence-corrected chi connectivity index (χ0v) is 10.2. The maximum atomic E-state index is 11.4. The fourth-order valence-corrected chi connectivity index (χ4v) is 1.24. The third-order valence-corrected chi connectivity index (χ3v) is 2.55. The van der Waals surface area contributed by atoms with E-state index in [2.05, 4.69) is 27.9 Å². The van der Waals surface area contributed by atoms with Crippen LogP contribution in [-0.2, 0) is 9.53 Å². The molecule has 0 aromatic heterocycles. The van der Waals surface area contributed by atoms with Gasteiger partial charge in [0.25, 0.3) is 5.91 Å². The molecule has 0 aliphatic heterocycles. The van der Waals surface area contributed by atoms with Gasteiger partial charge in [0.05, 0.1) is 0 Å². The van der Waals surface area contributed by atoms with Crippen molar-refractivity contribution in [2.75, 3.05) is 12.4 Å². The Morgan fingerprint density at radius 2 is 2.00 bits per heavy atom. The van der Waals surface area contributed by atoms with Gasteiger partial charge < -0.3 is 10.1 Å². The third kappa shape index (κ3) is 3.26. The van der Waals surface area contributed by atoms with Gasteiger partial charge in [0.15, 0.2) is 0 Å². The number of carbonyl (C=O) groups excluding carboxylic acids is 1. The molecule has 1 aromatic rings. The molecule has 1 rings (SSSR count). The van der Waals surface area contributed by atoms with Crippen molar-refractivity contribution < 1.29 is 9.53 Å². The van der Waals surface area contributed by atoms with Crippen molar-refractivity contribution in [2.45, 2.75) is 13.0 Å². The first-order chi connectivity index (χ1) is 6.63. The second-order valence-corrected chi connectivity index (χ2v) is 4.12. The molecule has 0 fully saturated rings. The van der Waals surface area contributed by atoms with Gasteiger partial charge in [-0.3, -0.25) is 4.79 Å². The average Bonchev–Trinajstić information content (AvgIpc) is 2.20. The summed E-state index contributed by atoms with van der Waals surface area (Å²) in [7, 11) is 1.51. The molecular formula is C10H12INO2. The molecule has 1 amide bonds. The van der Waals surface area contributed by atoms with E-state index < -0.39 is 6.10 Å². The summed E-state index contributed by atoms with van der Waals surface area (Å²) in [5, 5.41) is 2.75. The van der Waals surface area contributed by atoms with Gasteiger partial charge in [0, 0.05) is 16.4 Å². The molecule has 0 aliphatic rings. The Hall–Kier alpha value is -0.620. The zero-order chi connectivity index (χ0) is 10.6. The van der Waals surface area contributed by atoms with Gasteiger partial charge in [-0.2, -0.15) is 0 Å². The normalized spacial score (nSPS) is 12.2. The fourth-order valence-electron chi connectivity index (χ4n) is 0.884. The highest BCUT2D eigenvalue weighted by molar-refractivity contribution is 14.1. The number of methoxy groups -OCH3 is 1. The van der Waals surface area contributed by atoms with Gasteiger partial charge in [0.1, 0.15) is 6.10 Å². The number of amides is 1. The molecule has 0 bridgehead atoms. The Kier molecular flexibility index (Phi) is 4.34. The van der Waals surface area contributed by atoms with Crippen molar-refractivity contribution in [3.63, 3.8) is 0 Å². The molecule has 0 heterocycles. The molecule has 1 atom stereocenters. The van der Waals surface area contributed by atoms with Gasteiger partial charge >= 0.3 is 0 Å². The molecule has 0 saturated heterocycles. The van der Waals surface area contributed by atoms with Crippen LogP contribution in [0.15, 0.2) is 24.3 Å². The van der Waals surface area contributed by atoms with Crippen molar-refractivity contribution in [1.29, 1.82) is 0 Å². The highest BCUT2D eigenvalue weighted by Crippen LogP contribution is 2.11. The van der Waals surface area contributed by atoms with Crippen molar-refractivity contribution >= 4 is 34.2 Å². The number of nitrogens with one attached hydrogen (secondary N) is 1. The maximum Gasteiger partial charge on any atom is 0.253 e. The molecule has 1 N–H and O–H groups in total. The van der Waals surface area contributed by atoms with Crippen molar-refractivity contribution in [2.24, 2.45) is 0 Å². The first-order valence-corrected chi connectivity index (χ1v) is 5.30. The van der Waals surface area contributed by atoms with Crippen molar-refractivity contribution in [3.8, 4) is 0 Å². The van der Waals surface area contributed by atoms with Crippen LogP contribution < -0.4 is 5.32 Å². The van der Waals surface area contributed by atoms with Crippen LogP contribution in [0.2, 0.25) is 0 Å². The Balaban J connectivity index is 2.60. The SMILES string of the molecule is COC(C)C(=O)Nc1ccc(I)cc1. The van der Waals surface area contributed by atoms with E-state index in [4.69, 9.17) is 4.74 Å². The predicted octanol–water partition coefficient (Wildman–Crippen LogP) is 2.26. The first-order valence-electron chi connectivity index (χ1n) is 4.22. The van der Waals surface area contributed by atoms with Gasteiger partial charge in [-0.1, -0.05) is 0 Å². The lowest BCUT2D eigenvalue weighted by Crippen LogP contribution is -2.26. The minimum absolute atomic E-state index is 0.131. The third-order valence-electron chi connectivity index (χ3n) is 1.83. The number of hydrogen-bond acceptors (Lipinski definition) is 2. The summed E-state index contributed by atoms with van der Waals surface area (Å²) in [5.74, 6) is -0.131. The second-order valence-electron chi connectivity index (χ2n) is 2.87. The summed E-state index contributed by atoms with van der Waals surface area (Å²) in [6, 6.07) is 7.60. The number of benzene rings is 1. The summed E-state index contributed by atoms with van der Waals surface area (Å²) in [4.78, 5) is 11.4. The summed E-state index contributed by atoms with van der Waals surface area (Å²) in [6.07, 6.45) is -0.422. The predicted molar refractivity (Wildman–Crippen MR) is 64.3 cm³/mol. The Morgan fingerprint density at radius 1 is 1.43 bits per heavy atom. The molecule has 0 aliphatic carbocycles. The van der Waals surface area contributed by atoms with E-state index in [1.54, 1.807) is 6.92 Å². The number of ether oxygens (including phenoxy) is 1. The van der Waals surface area contributed by atoms with Crippen LogP contribution in [0.1, 0.15) is 6.92 Å². The molecule has 4 heteroatoms. The summed E-state index contributed by atoms with van der Waals surface area (Å²) in [6.45, 7) is 1.71. The average molecular weight is 305 g/mol. The molecule has 0 saturated carbocycles. The maximum absolute atomic E-state index is 11.4. The number of anilines is 1. The largest absolute Gasteiger partial charge is 0.372 e. The molecule has 76 valence electrons. The molecule has 14 heavy (non-hydrogen) atoms. The van der Waals surface area contributed by atoms with Crippen LogP contribution in [0.5, 0.6) is 0 Å². The lowest BCUT2D eigenvalue weighted by Gasteiger charge is -2.10. The Labute approximate surface area is 97.0 Å². The molecule has 0 spiro atoms. The van der Waals surface area contributed by atoms with Crippen LogP contribution in [0, 0.1) is 3.57 Å². The van der Waals surface area contributed by atoms with Crippen LogP contribution in [-0.4, -0.2) is 19.1 Å².